The van der Waals surface area contributed by atoms with Crippen LogP contribution in [-0.4, -0.2) is 32.9 Å². The Bertz CT molecular complexity index is 810. The highest BCUT2D eigenvalue weighted by atomic mass is 16.6. The first-order valence-corrected chi connectivity index (χ1v) is 9.36. The summed E-state index contributed by atoms with van der Waals surface area (Å²) in [5, 5.41) is 4.45. The van der Waals surface area contributed by atoms with Crippen molar-refractivity contribution >= 4 is 11.7 Å². The van der Waals surface area contributed by atoms with Crippen molar-refractivity contribution in [1.29, 1.82) is 0 Å². The summed E-state index contributed by atoms with van der Waals surface area (Å²) in [7, 11) is 0. The van der Waals surface area contributed by atoms with Crippen LogP contribution in [0.15, 0.2) is 48.8 Å². The number of aromatic nitrogens is 2. The minimum atomic E-state index is -0.200. The third-order valence-corrected chi connectivity index (χ3v) is 5.31. The summed E-state index contributed by atoms with van der Waals surface area (Å²) in [6.07, 6.45) is 8.99. The molecule has 1 amide bonds. The van der Waals surface area contributed by atoms with E-state index in [9.17, 15) is 4.79 Å². The van der Waals surface area contributed by atoms with Gasteiger partial charge in [0, 0.05) is 23.8 Å². The molecule has 5 nitrogen and oxygen atoms in total. The summed E-state index contributed by atoms with van der Waals surface area (Å²) in [6, 6.07) is 10.5. The Hall–Kier alpha value is -2.56. The molecule has 0 radical (unpaired) electrons. The number of nitrogens with zero attached hydrogens (tertiary/aromatic N) is 3. The molecule has 2 bridgehead atoms. The number of amides is 1. The number of carbonyl (C=O) groups is 1. The number of fused-ring (bicyclic) bond motifs is 2. The maximum atomic E-state index is 12.6. The van der Waals surface area contributed by atoms with Crippen molar-refractivity contribution in [2.24, 2.45) is 0 Å². The van der Waals surface area contributed by atoms with Gasteiger partial charge in [-0.15, -0.1) is 0 Å². The quantitative estimate of drug-likeness (QED) is 0.819. The van der Waals surface area contributed by atoms with E-state index in [1.165, 1.54) is 11.1 Å². The first-order chi connectivity index (χ1) is 12.6. The van der Waals surface area contributed by atoms with Gasteiger partial charge in [-0.1, -0.05) is 36.4 Å². The fourth-order valence-corrected chi connectivity index (χ4v) is 3.91. The monoisotopic (exact) mass is 351 g/mol. The van der Waals surface area contributed by atoms with Crippen LogP contribution >= 0.6 is 0 Å². The van der Waals surface area contributed by atoms with Gasteiger partial charge in [-0.25, -0.2) is 4.79 Å². The minimum Gasteiger partial charge on any atom is -0.445 e. The summed E-state index contributed by atoms with van der Waals surface area (Å²) in [6.45, 7) is 4.58. The average Bonchev–Trinajstić information content (AvgIpc) is 3.24. The van der Waals surface area contributed by atoms with Crippen molar-refractivity contribution in [2.45, 2.75) is 57.8 Å². The van der Waals surface area contributed by atoms with Gasteiger partial charge in [-0.3, -0.25) is 9.58 Å². The van der Waals surface area contributed by atoms with Crippen molar-refractivity contribution in [3.8, 4) is 0 Å². The highest BCUT2D eigenvalue weighted by molar-refractivity contribution is 5.74. The molecule has 0 spiro atoms. The highest BCUT2D eigenvalue weighted by Crippen LogP contribution is 2.39. The number of rotatable bonds is 4. The van der Waals surface area contributed by atoms with E-state index in [-0.39, 0.29) is 18.2 Å². The molecule has 1 aromatic heterocycles. The normalized spacial score (nSPS) is 21.8. The van der Waals surface area contributed by atoms with Crippen LogP contribution in [0.5, 0.6) is 0 Å². The summed E-state index contributed by atoms with van der Waals surface area (Å²) < 4.78 is 7.55. The Labute approximate surface area is 154 Å². The summed E-state index contributed by atoms with van der Waals surface area (Å²) >= 11 is 0. The van der Waals surface area contributed by atoms with Gasteiger partial charge in [-0.2, -0.15) is 5.10 Å². The van der Waals surface area contributed by atoms with E-state index in [0.29, 0.717) is 12.6 Å². The van der Waals surface area contributed by atoms with Crippen LogP contribution < -0.4 is 0 Å². The minimum absolute atomic E-state index is 0.134. The topological polar surface area (TPSA) is 47.4 Å². The average molecular weight is 351 g/mol. The Balaban J connectivity index is 1.45. The molecule has 0 saturated carbocycles. The van der Waals surface area contributed by atoms with E-state index in [0.717, 1.165) is 24.8 Å². The first kappa shape index (κ1) is 16.9. The van der Waals surface area contributed by atoms with Crippen LogP contribution in [0.2, 0.25) is 0 Å². The molecule has 0 N–H and O–H groups in total. The molecule has 2 aliphatic heterocycles. The second kappa shape index (κ2) is 6.98. The molecule has 5 heteroatoms. The number of ether oxygens (including phenoxy) is 1. The molecule has 136 valence electrons. The predicted molar refractivity (Wildman–Crippen MR) is 100 cm³/mol. The summed E-state index contributed by atoms with van der Waals surface area (Å²) in [4.78, 5) is 14.6. The van der Waals surface area contributed by atoms with Crippen LogP contribution in [0.3, 0.4) is 0 Å². The van der Waals surface area contributed by atoms with Crippen molar-refractivity contribution in [3.63, 3.8) is 0 Å². The van der Waals surface area contributed by atoms with Gasteiger partial charge in [0.05, 0.1) is 12.2 Å². The zero-order valence-corrected chi connectivity index (χ0v) is 15.3. The number of carbonyl (C=O) groups excluding carboxylic acids is 1. The van der Waals surface area contributed by atoms with Gasteiger partial charge < -0.3 is 4.74 Å². The number of benzene rings is 1. The SMILES string of the molecule is CC(C)n1cc(C2=CC3CCC(C2)N3C(=O)OCc2ccccc2)cn1. The largest absolute Gasteiger partial charge is 0.445 e. The Kier molecular flexibility index (Phi) is 4.53. The number of hydrogen-bond donors (Lipinski definition) is 0. The molecule has 2 atom stereocenters. The smallest absolute Gasteiger partial charge is 0.410 e. The lowest BCUT2D eigenvalue weighted by molar-refractivity contribution is 0.0832. The maximum Gasteiger partial charge on any atom is 0.410 e. The Morgan fingerprint density at radius 2 is 2.08 bits per heavy atom. The molecule has 2 unspecified atom stereocenters. The van der Waals surface area contributed by atoms with Gasteiger partial charge >= 0.3 is 6.09 Å². The molecule has 0 aliphatic carbocycles. The summed E-state index contributed by atoms with van der Waals surface area (Å²) in [5.74, 6) is 0. The van der Waals surface area contributed by atoms with Gasteiger partial charge in [0.15, 0.2) is 0 Å². The van der Waals surface area contributed by atoms with E-state index in [1.54, 1.807) is 0 Å². The van der Waals surface area contributed by atoms with Crippen molar-refractivity contribution < 1.29 is 9.53 Å². The van der Waals surface area contributed by atoms with Gasteiger partial charge in [-0.05, 0) is 44.2 Å². The van der Waals surface area contributed by atoms with Gasteiger partial charge in [0.25, 0.3) is 0 Å². The third kappa shape index (κ3) is 3.26. The molecule has 26 heavy (non-hydrogen) atoms. The van der Waals surface area contributed by atoms with Gasteiger partial charge in [0.2, 0.25) is 0 Å². The Morgan fingerprint density at radius 3 is 2.77 bits per heavy atom. The van der Waals surface area contributed by atoms with Crippen LogP contribution in [-0.2, 0) is 11.3 Å². The lowest BCUT2D eigenvalue weighted by Crippen LogP contribution is -2.43. The second-order valence-electron chi connectivity index (χ2n) is 7.44. The van der Waals surface area contributed by atoms with Crippen molar-refractivity contribution in [3.05, 3.63) is 59.9 Å². The first-order valence-electron chi connectivity index (χ1n) is 9.36. The Morgan fingerprint density at radius 1 is 1.27 bits per heavy atom. The molecule has 3 heterocycles. The molecule has 1 saturated heterocycles. The van der Waals surface area contributed by atoms with E-state index in [2.05, 4.69) is 31.2 Å². The second-order valence-corrected chi connectivity index (χ2v) is 7.44. The molecule has 2 aromatic rings. The molecule has 4 rings (SSSR count). The lowest BCUT2D eigenvalue weighted by atomic mass is 9.97. The van der Waals surface area contributed by atoms with E-state index in [1.807, 2.05) is 46.1 Å². The van der Waals surface area contributed by atoms with Crippen molar-refractivity contribution in [1.82, 2.24) is 14.7 Å². The molecular formula is C21H25N3O2. The zero-order valence-electron chi connectivity index (χ0n) is 15.3. The standard InChI is InChI=1S/C21H25N3O2/c1-15(2)23-13-18(12-22-23)17-10-19-8-9-20(11-17)24(19)21(25)26-14-16-6-4-3-5-7-16/h3-7,10,12-13,15,19-20H,8-9,11,14H2,1-2H3. The molecule has 2 aliphatic rings. The van der Waals surface area contributed by atoms with Crippen LogP contribution in [0.25, 0.3) is 5.57 Å². The van der Waals surface area contributed by atoms with E-state index < -0.39 is 0 Å². The fraction of sp³-hybridized carbons (Fsp3) is 0.429. The number of hydrogen-bond acceptors (Lipinski definition) is 3. The van der Waals surface area contributed by atoms with Crippen LogP contribution in [0.4, 0.5) is 4.79 Å². The molecule has 1 aromatic carbocycles. The maximum absolute atomic E-state index is 12.6. The lowest BCUT2D eigenvalue weighted by Gasteiger charge is -2.33. The summed E-state index contributed by atoms with van der Waals surface area (Å²) in [5.41, 5.74) is 3.49. The predicted octanol–water partition coefficient (Wildman–Crippen LogP) is 4.42. The fourth-order valence-electron chi connectivity index (χ4n) is 3.91. The molecular weight excluding hydrogens is 326 g/mol. The van der Waals surface area contributed by atoms with E-state index in [4.69, 9.17) is 4.74 Å². The third-order valence-electron chi connectivity index (χ3n) is 5.31. The highest BCUT2D eigenvalue weighted by Gasteiger charge is 2.40. The van der Waals surface area contributed by atoms with Crippen LogP contribution in [0, 0.1) is 0 Å². The van der Waals surface area contributed by atoms with E-state index >= 15 is 0 Å². The molecule has 1 fully saturated rings. The van der Waals surface area contributed by atoms with Gasteiger partial charge in [0.1, 0.15) is 6.61 Å². The van der Waals surface area contributed by atoms with Crippen molar-refractivity contribution in [2.75, 3.05) is 0 Å². The van der Waals surface area contributed by atoms with Crippen LogP contribution in [0.1, 0.15) is 50.3 Å². The zero-order chi connectivity index (χ0) is 18.1.